The number of nitro benzene ring substituents is 1. The highest BCUT2D eigenvalue weighted by atomic mass is 127. The third kappa shape index (κ3) is 3.42. The molecule has 1 unspecified atom stereocenters. The Morgan fingerprint density at radius 3 is 2.95 bits per heavy atom. The minimum atomic E-state index is -0.516. The van der Waals surface area contributed by atoms with Crippen molar-refractivity contribution in [1.82, 2.24) is 4.98 Å². The van der Waals surface area contributed by atoms with E-state index in [-0.39, 0.29) is 20.9 Å². The normalized spacial score (nSPS) is 12.2. The monoisotopic (exact) mass is 407 g/mol. The van der Waals surface area contributed by atoms with Crippen molar-refractivity contribution in [3.05, 3.63) is 48.2 Å². The maximum absolute atomic E-state index is 13.5. The van der Waals surface area contributed by atoms with Gasteiger partial charge in [-0.1, -0.05) is 6.92 Å². The predicted molar refractivity (Wildman–Crippen MR) is 84.8 cm³/mol. The topological polar surface area (TPSA) is 68.1 Å². The molecule has 0 fully saturated rings. The van der Waals surface area contributed by atoms with Crippen LogP contribution in [0.4, 0.5) is 15.8 Å². The van der Waals surface area contributed by atoms with E-state index in [9.17, 15) is 14.5 Å². The van der Waals surface area contributed by atoms with E-state index in [1.165, 1.54) is 17.4 Å². The quantitative estimate of drug-likeness (QED) is 0.462. The van der Waals surface area contributed by atoms with Gasteiger partial charge in [-0.05, 0) is 22.6 Å². The number of hydrogen-bond donors (Lipinski definition) is 1. The van der Waals surface area contributed by atoms with Crippen LogP contribution in [0.5, 0.6) is 0 Å². The van der Waals surface area contributed by atoms with Gasteiger partial charge >= 0.3 is 0 Å². The maximum atomic E-state index is 13.5. The summed E-state index contributed by atoms with van der Waals surface area (Å²) in [5.74, 6) is -0.377. The molecule has 0 aliphatic rings. The Balaban J connectivity index is 2.16. The second kappa shape index (κ2) is 6.44. The molecule has 1 N–H and O–H groups in total. The number of nitrogens with zero attached hydrogens (tertiary/aromatic N) is 2. The number of benzene rings is 1. The highest BCUT2D eigenvalue weighted by Gasteiger charge is 2.18. The molecule has 0 spiro atoms. The molecule has 0 aliphatic carbocycles. The van der Waals surface area contributed by atoms with Gasteiger partial charge in [0.05, 0.1) is 13.5 Å². The van der Waals surface area contributed by atoms with Crippen LogP contribution in [0.15, 0.2) is 23.7 Å². The molecule has 0 amide bonds. The fourth-order valence-corrected chi connectivity index (χ4v) is 2.81. The first-order valence-electron chi connectivity index (χ1n) is 5.75. The highest BCUT2D eigenvalue weighted by molar-refractivity contribution is 14.1. The molecule has 20 heavy (non-hydrogen) atoms. The molecule has 2 aromatic rings. The Kier molecular flexibility index (Phi) is 4.86. The summed E-state index contributed by atoms with van der Waals surface area (Å²) in [7, 11) is 0. The molecule has 2 rings (SSSR count). The van der Waals surface area contributed by atoms with Gasteiger partial charge in [0.15, 0.2) is 0 Å². The summed E-state index contributed by atoms with van der Waals surface area (Å²) in [4.78, 5) is 14.7. The first-order chi connectivity index (χ1) is 9.49. The summed E-state index contributed by atoms with van der Waals surface area (Å²) in [6.45, 7) is 2.41. The minimum absolute atomic E-state index is 0.0944. The van der Waals surface area contributed by atoms with Crippen LogP contribution in [0.2, 0.25) is 0 Å². The summed E-state index contributed by atoms with van der Waals surface area (Å²) in [5.41, 5.74) is 0.0680. The van der Waals surface area contributed by atoms with E-state index < -0.39 is 10.7 Å². The van der Waals surface area contributed by atoms with Crippen molar-refractivity contribution in [2.75, 3.05) is 11.9 Å². The third-order valence-corrected chi connectivity index (χ3v) is 4.54. The lowest BCUT2D eigenvalue weighted by Gasteiger charge is -2.12. The summed E-state index contributed by atoms with van der Waals surface area (Å²) >= 11 is 3.26. The van der Waals surface area contributed by atoms with E-state index in [0.29, 0.717) is 6.54 Å². The van der Waals surface area contributed by atoms with Crippen molar-refractivity contribution in [1.29, 1.82) is 0 Å². The van der Waals surface area contributed by atoms with Crippen LogP contribution in [0.1, 0.15) is 17.8 Å². The van der Waals surface area contributed by atoms with Crippen LogP contribution in [0.25, 0.3) is 0 Å². The van der Waals surface area contributed by atoms with Crippen LogP contribution in [0.3, 0.4) is 0 Å². The summed E-state index contributed by atoms with van der Waals surface area (Å²) in [5, 5.41) is 16.7. The van der Waals surface area contributed by atoms with Crippen LogP contribution in [-0.4, -0.2) is 16.5 Å². The SMILES string of the molecule is CC(CNc1cc(F)c(I)cc1[N+](=O)[O-])c1nccs1. The van der Waals surface area contributed by atoms with E-state index in [2.05, 4.69) is 10.3 Å². The lowest BCUT2D eigenvalue weighted by Crippen LogP contribution is -2.11. The van der Waals surface area contributed by atoms with Crippen molar-refractivity contribution >= 4 is 45.3 Å². The maximum Gasteiger partial charge on any atom is 0.293 e. The number of anilines is 1. The molecule has 0 bridgehead atoms. The van der Waals surface area contributed by atoms with Crippen LogP contribution >= 0.6 is 33.9 Å². The predicted octanol–water partition coefficient (Wildman–Crippen LogP) is 4.01. The van der Waals surface area contributed by atoms with Gasteiger partial charge < -0.3 is 5.32 Å². The Hall–Kier alpha value is -1.29. The average molecular weight is 407 g/mol. The second-order valence-corrected chi connectivity index (χ2v) is 6.28. The van der Waals surface area contributed by atoms with Gasteiger partial charge in [-0.2, -0.15) is 0 Å². The first-order valence-corrected chi connectivity index (χ1v) is 7.71. The molecule has 8 heteroatoms. The van der Waals surface area contributed by atoms with Crippen molar-refractivity contribution in [3.8, 4) is 0 Å². The number of nitro groups is 1. The summed E-state index contributed by atoms with van der Waals surface area (Å²) in [6, 6.07) is 2.39. The number of thiazole rings is 1. The molecular weight excluding hydrogens is 396 g/mol. The Labute approximate surface area is 132 Å². The fraction of sp³-hybridized carbons (Fsp3) is 0.250. The van der Waals surface area contributed by atoms with Crippen molar-refractivity contribution in [2.24, 2.45) is 0 Å². The summed E-state index contributed by atoms with van der Waals surface area (Å²) in [6.07, 6.45) is 1.71. The molecule has 1 atom stereocenters. The van der Waals surface area contributed by atoms with E-state index in [1.807, 2.05) is 12.3 Å². The minimum Gasteiger partial charge on any atom is -0.379 e. The molecule has 1 heterocycles. The average Bonchev–Trinajstić information content (AvgIpc) is 2.93. The van der Waals surface area contributed by atoms with E-state index in [1.54, 1.807) is 28.8 Å². The van der Waals surface area contributed by atoms with Crippen LogP contribution in [-0.2, 0) is 0 Å². The number of hydrogen-bond acceptors (Lipinski definition) is 5. The van der Waals surface area contributed by atoms with E-state index in [0.717, 1.165) is 11.1 Å². The first kappa shape index (κ1) is 15.1. The molecule has 5 nitrogen and oxygen atoms in total. The van der Waals surface area contributed by atoms with E-state index in [4.69, 9.17) is 0 Å². The zero-order valence-electron chi connectivity index (χ0n) is 10.5. The Morgan fingerprint density at radius 2 is 2.35 bits per heavy atom. The molecule has 0 saturated heterocycles. The van der Waals surface area contributed by atoms with Crippen molar-refractivity contribution in [3.63, 3.8) is 0 Å². The fourth-order valence-electron chi connectivity index (χ4n) is 1.66. The summed E-state index contributed by atoms with van der Waals surface area (Å²) < 4.78 is 13.8. The van der Waals surface area contributed by atoms with Gasteiger partial charge in [0, 0.05) is 36.2 Å². The lowest BCUT2D eigenvalue weighted by molar-refractivity contribution is -0.384. The largest absolute Gasteiger partial charge is 0.379 e. The molecule has 0 saturated carbocycles. The smallest absolute Gasteiger partial charge is 0.293 e. The lowest BCUT2D eigenvalue weighted by atomic mass is 10.2. The second-order valence-electron chi connectivity index (χ2n) is 4.19. The van der Waals surface area contributed by atoms with Gasteiger partial charge in [0.2, 0.25) is 0 Å². The van der Waals surface area contributed by atoms with Gasteiger partial charge in [-0.15, -0.1) is 11.3 Å². The van der Waals surface area contributed by atoms with E-state index >= 15 is 0 Å². The number of rotatable bonds is 5. The molecule has 106 valence electrons. The Bertz CT molecular complexity index is 621. The van der Waals surface area contributed by atoms with Gasteiger partial charge in [-0.3, -0.25) is 10.1 Å². The van der Waals surface area contributed by atoms with Gasteiger partial charge in [0.1, 0.15) is 11.5 Å². The molecular formula is C12H11FIN3O2S. The van der Waals surface area contributed by atoms with Crippen LogP contribution in [0, 0.1) is 19.5 Å². The molecule has 0 aliphatic heterocycles. The van der Waals surface area contributed by atoms with Gasteiger partial charge in [-0.25, -0.2) is 9.37 Å². The number of nitrogens with one attached hydrogen (secondary N) is 1. The van der Waals surface area contributed by atoms with Crippen LogP contribution < -0.4 is 5.32 Å². The molecule has 0 radical (unpaired) electrons. The zero-order valence-corrected chi connectivity index (χ0v) is 13.4. The standard InChI is InChI=1S/C12H11FIN3O2S/c1-7(12-15-2-3-20-12)6-16-10-4-8(13)9(14)5-11(10)17(18)19/h2-5,7,16H,6H2,1H3. The molecule has 1 aromatic carbocycles. The zero-order chi connectivity index (χ0) is 14.7. The van der Waals surface area contributed by atoms with Gasteiger partial charge in [0.25, 0.3) is 5.69 Å². The van der Waals surface area contributed by atoms with Crippen molar-refractivity contribution in [2.45, 2.75) is 12.8 Å². The number of aromatic nitrogens is 1. The Morgan fingerprint density at radius 1 is 1.60 bits per heavy atom. The molecule has 1 aromatic heterocycles. The third-order valence-electron chi connectivity index (χ3n) is 2.71. The number of halogens is 2. The van der Waals surface area contributed by atoms with Crippen molar-refractivity contribution < 1.29 is 9.31 Å². The highest BCUT2D eigenvalue weighted by Crippen LogP contribution is 2.29.